The molecule has 3 aromatic rings. The van der Waals surface area contributed by atoms with E-state index in [0.29, 0.717) is 19.7 Å². The summed E-state index contributed by atoms with van der Waals surface area (Å²) in [4.78, 5) is 18.8. The third kappa shape index (κ3) is 3.76. The van der Waals surface area contributed by atoms with Gasteiger partial charge in [0.2, 0.25) is 0 Å². The maximum atomic E-state index is 12.7. The van der Waals surface area contributed by atoms with E-state index < -0.39 is 0 Å². The molecular weight excluding hydrogens is 346 g/mol. The number of carbonyl (C=O) groups is 1. The highest BCUT2D eigenvalue weighted by atomic mass is 32.1. The average Bonchev–Trinajstić information content (AvgIpc) is 3.24. The molecule has 2 heterocycles. The summed E-state index contributed by atoms with van der Waals surface area (Å²) in [7, 11) is 0. The van der Waals surface area contributed by atoms with Crippen molar-refractivity contribution in [3.63, 3.8) is 0 Å². The normalized spacial score (nSPS) is 17.1. The molecule has 1 atom stereocenters. The van der Waals surface area contributed by atoms with E-state index in [1.165, 1.54) is 0 Å². The van der Waals surface area contributed by atoms with Gasteiger partial charge in [-0.2, -0.15) is 0 Å². The second-order valence-corrected chi connectivity index (χ2v) is 6.96. The summed E-state index contributed by atoms with van der Waals surface area (Å²) in [6, 6.07) is 17.7. The number of hydrogen-bond acceptors (Lipinski definition) is 4. The van der Waals surface area contributed by atoms with Gasteiger partial charge in [-0.25, -0.2) is 9.78 Å². The molecule has 1 aromatic heterocycles. The number of urea groups is 1. The molecule has 0 bridgehead atoms. The van der Waals surface area contributed by atoms with Gasteiger partial charge in [-0.05, 0) is 17.7 Å². The summed E-state index contributed by atoms with van der Waals surface area (Å²) in [5.74, 6) is 0. The number of thiazole rings is 1. The Labute approximate surface area is 156 Å². The van der Waals surface area contributed by atoms with E-state index in [9.17, 15) is 4.79 Å². The first-order valence-electron chi connectivity index (χ1n) is 8.52. The molecule has 6 heteroatoms. The van der Waals surface area contributed by atoms with Gasteiger partial charge in [-0.1, -0.05) is 42.5 Å². The average molecular weight is 365 g/mol. The standard InChI is InChI=1S/C20H19N3O2S/c24-20(22-17-8-4-7-16(13-17)19-21-9-12-26-19)23-10-11-25-18(14-23)15-5-2-1-3-6-15/h1-9,12-13,18H,10-11,14H2,(H,22,24). The van der Waals surface area contributed by atoms with Crippen molar-refractivity contribution >= 4 is 23.1 Å². The molecule has 1 saturated heterocycles. The Kier molecular flexibility index (Phi) is 4.95. The number of amides is 2. The highest BCUT2D eigenvalue weighted by molar-refractivity contribution is 7.13. The van der Waals surface area contributed by atoms with E-state index in [0.717, 1.165) is 21.8 Å². The molecule has 2 aromatic carbocycles. The number of nitrogens with one attached hydrogen (secondary N) is 1. The fourth-order valence-electron chi connectivity index (χ4n) is 3.00. The third-order valence-corrected chi connectivity index (χ3v) is 5.14. The number of aromatic nitrogens is 1. The van der Waals surface area contributed by atoms with Crippen LogP contribution in [0.4, 0.5) is 10.5 Å². The Balaban J connectivity index is 1.44. The second-order valence-electron chi connectivity index (χ2n) is 6.06. The highest BCUT2D eigenvalue weighted by Gasteiger charge is 2.25. The zero-order valence-electron chi connectivity index (χ0n) is 14.2. The molecule has 26 heavy (non-hydrogen) atoms. The lowest BCUT2D eigenvalue weighted by molar-refractivity contribution is -0.0135. The largest absolute Gasteiger partial charge is 0.370 e. The van der Waals surface area contributed by atoms with E-state index in [1.54, 1.807) is 22.4 Å². The lowest BCUT2D eigenvalue weighted by Gasteiger charge is -2.33. The predicted octanol–water partition coefficient (Wildman–Crippen LogP) is 4.42. The lowest BCUT2D eigenvalue weighted by atomic mass is 10.1. The number of benzene rings is 2. The van der Waals surface area contributed by atoms with E-state index in [2.05, 4.69) is 10.3 Å². The monoisotopic (exact) mass is 365 g/mol. The first-order chi connectivity index (χ1) is 12.8. The predicted molar refractivity (Wildman–Crippen MR) is 103 cm³/mol. The van der Waals surface area contributed by atoms with Crippen molar-refractivity contribution in [1.29, 1.82) is 0 Å². The van der Waals surface area contributed by atoms with Gasteiger partial charge in [0.25, 0.3) is 0 Å². The van der Waals surface area contributed by atoms with E-state index in [-0.39, 0.29) is 12.1 Å². The van der Waals surface area contributed by atoms with Crippen molar-refractivity contribution in [3.05, 3.63) is 71.7 Å². The molecule has 1 aliphatic rings. The summed E-state index contributed by atoms with van der Waals surface area (Å²) in [5.41, 5.74) is 2.86. The maximum absolute atomic E-state index is 12.7. The van der Waals surface area contributed by atoms with E-state index >= 15 is 0 Å². The summed E-state index contributed by atoms with van der Waals surface area (Å²) in [5, 5.41) is 5.88. The summed E-state index contributed by atoms with van der Waals surface area (Å²) < 4.78 is 5.83. The first kappa shape index (κ1) is 16.8. The zero-order valence-corrected chi connectivity index (χ0v) is 15.0. The van der Waals surface area contributed by atoms with E-state index in [1.807, 2.05) is 60.0 Å². The van der Waals surface area contributed by atoms with Crippen LogP contribution in [0.3, 0.4) is 0 Å². The first-order valence-corrected chi connectivity index (χ1v) is 9.40. The third-order valence-electron chi connectivity index (χ3n) is 4.32. The molecule has 4 rings (SSSR count). The molecule has 132 valence electrons. The number of carbonyl (C=O) groups excluding carboxylic acids is 1. The molecule has 0 spiro atoms. The number of nitrogens with zero attached hydrogens (tertiary/aromatic N) is 2. The topological polar surface area (TPSA) is 54.5 Å². The summed E-state index contributed by atoms with van der Waals surface area (Å²) >= 11 is 1.58. The fourth-order valence-corrected chi connectivity index (χ4v) is 3.64. The van der Waals surface area contributed by atoms with Gasteiger partial charge in [-0.3, -0.25) is 0 Å². The van der Waals surface area contributed by atoms with Crippen LogP contribution in [-0.2, 0) is 4.74 Å². The van der Waals surface area contributed by atoms with Gasteiger partial charge >= 0.3 is 6.03 Å². The van der Waals surface area contributed by atoms with Crippen molar-refractivity contribution in [2.75, 3.05) is 25.0 Å². The summed E-state index contributed by atoms with van der Waals surface area (Å²) in [6.07, 6.45) is 1.69. The zero-order chi connectivity index (χ0) is 17.8. The van der Waals surface area contributed by atoms with Gasteiger partial charge in [0.05, 0.1) is 13.2 Å². The number of anilines is 1. The SMILES string of the molecule is O=C(Nc1cccc(-c2nccs2)c1)N1CCOC(c2ccccc2)C1. The second kappa shape index (κ2) is 7.68. The Morgan fingerprint density at radius 2 is 2.08 bits per heavy atom. The number of rotatable bonds is 3. The molecule has 2 amide bonds. The quantitative estimate of drug-likeness (QED) is 0.748. The minimum Gasteiger partial charge on any atom is -0.370 e. The molecule has 1 aliphatic heterocycles. The van der Waals surface area contributed by atoms with Gasteiger partial charge in [0.15, 0.2) is 0 Å². The van der Waals surface area contributed by atoms with Crippen LogP contribution < -0.4 is 5.32 Å². The molecule has 1 unspecified atom stereocenters. The minimum absolute atomic E-state index is 0.0858. The van der Waals surface area contributed by atoms with Crippen LogP contribution in [0, 0.1) is 0 Å². The molecule has 0 aliphatic carbocycles. The Bertz CT molecular complexity index is 868. The van der Waals surface area contributed by atoms with Crippen LogP contribution in [0.1, 0.15) is 11.7 Å². The van der Waals surface area contributed by atoms with Crippen LogP contribution in [0.2, 0.25) is 0 Å². The van der Waals surface area contributed by atoms with E-state index in [4.69, 9.17) is 4.74 Å². The van der Waals surface area contributed by atoms with Crippen molar-refractivity contribution < 1.29 is 9.53 Å². The van der Waals surface area contributed by atoms with Crippen molar-refractivity contribution in [2.24, 2.45) is 0 Å². The molecular formula is C20H19N3O2S. The van der Waals surface area contributed by atoms with Gasteiger partial charge < -0.3 is 15.0 Å². The summed E-state index contributed by atoms with van der Waals surface area (Å²) in [6.45, 7) is 1.66. The van der Waals surface area contributed by atoms with Crippen LogP contribution in [-0.4, -0.2) is 35.6 Å². The smallest absolute Gasteiger partial charge is 0.322 e. The Morgan fingerprint density at radius 3 is 2.88 bits per heavy atom. The van der Waals surface area contributed by atoms with Crippen LogP contribution in [0.15, 0.2) is 66.2 Å². The van der Waals surface area contributed by atoms with Gasteiger partial charge in [-0.15, -0.1) is 11.3 Å². The molecule has 5 nitrogen and oxygen atoms in total. The minimum atomic E-state index is -0.106. The molecule has 0 radical (unpaired) electrons. The molecule has 1 fully saturated rings. The fraction of sp³-hybridized carbons (Fsp3) is 0.200. The van der Waals surface area contributed by atoms with Gasteiger partial charge in [0, 0.05) is 29.4 Å². The van der Waals surface area contributed by atoms with Crippen LogP contribution in [0.25, 0.3) is 10.6 Å². The number of hydrogen-bond donors (Lipinski definition) is 1. The molecule has 0 saturated carbocycles. The maximum Gasteiger partial charge on any atom is 0.322 e. The van der Waals surface area contributed by atoms with Crippen molar-refractivity contribution in [3.8, 4) is 10.6 Å². The molecule has 1 N–H and O–H groups in total. The Morgan fingerprint density at radius 1 is 1.19 bits per heavy atom. The van der Waals surface area contributed by atoms with Crippen LogP contribution in [0.5, 0.6) is 0 Å². The van der Waals surface area contributed by atoms with Crippen molar-refractivity contribution in [2.45, 2.75) is 6.10 Å². The Hall–Kier alpha value is -2.70. The lowest BCUT2D eigenvalue weighted by Crippen LogP contribution is -2.44. The highest BCUT2D eigenvalue weighted by Crippen LogP contribution is 2.25. The number of ether oxygens (including phenoxy) is 1. The number of morpholine rings is 1. The van der Waals surface area contributed by atoms with Crippen LogP contribution >= 0.6 is 11.3 Å². The van der Waals surface area contributed by atoms with Crippen molar-refractivity contribution in [1.82, 2.24) is 9.88 Å². The van der Waals surface area contributed by atoms with Gasteiger partial charge in [0.1, 0.15) is 11.1 Å².